The van der Waals surface area contributed by atoms with Gasteiger partial charge in [-0.2, -0.15) is 0 Å². The van der Waals surface area contributed by atoms with E-state index < -0.39 is 0 Å². The standard InChI is InChI=1S/C23H22FN7O/c24-18-3-1-2-16(10-18)13-29-22(32)17-8-9-31-20(11-17)28-14-21(31)27-12-15-4-6-19(7-5-15)30-23(25)26/h1-11,14,27H,12-13H2,(H,29,32)(H4,25,26,30). The van der Waals surface area contributed by atoms with Crippen molar-refractivity contribution in [2.24, 2.45) is 16.5 Å². The smallest absolute Gasteiger partial charge is 0.251 e. The number of hydrogen-bond donors (Lipinski definition) is 4. The summed E-state index contributed by atoms with van der Waals surface area (Å²) in [5, 5.41) is 6.12. The molecule has 1 amide bonds. The number of imidazole rings is 1. The fraction of sp³-hybridized carbons (Fsp3) is 0.0870. The summed E-state index contributed by atoms with van der Waals surface area (Å²) < 4.78 is 15.1. The SMILES string of the molecule is NC(N)=Nc1ccc(CNc2cnc3cc(C(=O)NCc4cccc(F)c4)ccn23)cc1. The van der Waals surface area contributed by atoms with Crippen LogP contribution < -0.4 is 22.1 Å². The molecule has 0 unspecified atom stereocenters. The number of anilines is 1. The maximum absolute atomic E-state index is 13.3. The van der Waals surface area contributed by atoms with Crippen molar-refractivity contribution >= 4 is 29.0 Å². The zero-order chi connectivity index (χ0) is 22.5. The molecule has 2 aromatic heterocycles. The van der Waals surface area contributed by atoms with E-state index in [1.807, 2.05) is 28.7 Å². The van der Waals surface area contributed by atoms with Crippen LogP contribution in [0.2, 0.25) is 0 Å². The van der Waals surface area contributed by atoms with Gasteiger partial charge in [0, 0.05) is 24.8 Å². The van der Waals surface area contributed by atoms with Crippen molar-refractivity contribution in [1.82, 2.24) is 14.7 Å². The van der Waals surface area contributed by atoms with Gasteiger partial charge in [0.15, 0.2) is 5.96 Å². The van der Waals surface area contributed by atoms with Crippen molar-refractivity contribution < 1.29 is 9.18 Å². The molecule has 32 heavy (non-hydrogen) atoms. The number of aromatic nitrogens is 2. The number of nitrogens with one attached hydrogen (secondary N) is 2. The topological polar surface area (TPSA) is 123 Å². The Morgan fingerprint density at radius 1 is 1.03 bits per heavy atom. The van der Waals surface area contributed by atoms with Crippen molar-refractivity contribution in [3.8, 4) is 0 Å². The van der Waals surface area contributed by atoms with Crippen molar-refractivity contribution in [1.29, 1.82) is 0 Å². The first-order valence-electron chi connectivity index (χ1n) is 9.90. The molecule has 9 heteroatoms. The number of aliphatic imine (C=N–C) groups is 1. The number of halogens is 1. The lowest BCUT2D eigenvalue weighted by molar-refractivity contribution is 0.0951. The summed E-state index contributed by atoms with van der Waals surface area (Å²) in [6.45, 7) is 0.816. The van der Waals surface area contributed by atoms with Gasteiger partial charge in [-0.1, -0.05) is 24.3 Å². The molecule has 0 spiro atoms. The van der Waals surface area contributed by atoms with E-state index in [1.165, 1.54) is 12.1 Å². The average Bonchev–Trinajstić information content (AvgIpc) is 3.19. The van der Waals surface area contributed by atoms with Crippen LogP contribution in [0, 0.1) is 5.82 Å². The minimum atomic E-state index is -0.333. The van der Waals surface area contributed by atoms with Crippen LogP contribution in [0.25, 0.3) is 5.65 Å². The predicted octanol–water partition coefficient (Wildman–Crippen LogP) is 2.92. The second kappa shape index (κ2) is 9.17. The number of pyridine rings is 1. The molecule has 2 aromatic carbocycles. The van der Waals surface area contributed by atoms with Crippen LogP contribution in [-0.4, -0.2) is 21.3 Å². The summed E-state index contributed by atoms with van der Waals surface area (Å²) in [6, 6.07) is 17.1. The van der Waals surface area contributed by atoms with Crippen molar-refractivity contribution in [3.05, 3.63) is 95.6 Å². The van der Waals surface area contributed by atoms with E-state index in [2.05, 4.69) is 20.6 Å². The lowest BCUT2D eigenvalue weighted by atomic mass is 10.2. The number of guanidine groups is 1. The van der Waals surface area contributed by atoms with Crippen LogP contribution in [-0.2, 0) is 13.1 Å². The predicted molar refractivity (Wildman–Crippen MR) is 122 cm³/mol. The van der Waals surface area contributed by atoms with Crippen LogP contribution in [0.1, 0.15) is 21.5 Å². The lowest BCUT2D eigenvalue weighted by Gasteiger charge is -2.08. The molecular weight excluding hydrogens is 409 g/mol. The zero-order valence-electron chi connectivity index (χ0n) is 17.1. The summed E-state index contributed by atoms with van der Waals surface area (Å²) in [7, 11) is 0. The second-order valence-corrected chi connectivity index (χ2v) is 7.16. The fourth-order valence-corrected chi connectivity index (χ4v) is 3.21. The van der Waals surface area contributed by atoms with Gasteiger partial charge >= 0.3 is 0 Å². The maximum atomic E-state index is 13.3. The molecule has 4 rings (SSSR count). The van der Waals surface area contributed by atoms with E-state index in [1.54, 1.807) is 36.7 Å². The third-order valence-corrected chi connectivity index (χ3v) is 4.79. The first-order valence-corrected chi connectivity index (χ1v) is 9.90. The number of rotatable bonds is 7. The maximum Gasteiger partial charge on any atom is 0.251 e. The minimum Gasteiger partial charge on any atom is -0.370 e. The molecule has 0 saturated carbocycles. The van der Waals surface area contributed by atoms with E-state index in [4.69, 9.17) is 11.5 Å². The molecule has 0 aliphatic rings. The van der Waals surface area contributed by atoms with Gasteiger partial charge in [-0.25, -0.2) is 14.4 Å². The van der Waals surface area contributed by atoms with Crippen molar-refractivity contribution in [2.75, 3.05) is 5.32 Å². The molecule has 0 radical (unpaired) electrons. The highest BCUT2D eigenvalue weighted by molar-refractivity contribution is 5.95. The Hall–Kier alpha value is -4.40. The summed E-state index contributed by atoms with van der Waals surface area (Å²) in [4.78, 5) is 20.8. The van der Waals surface area contributed by atoms with Crippen LogP contribution in [0.15, 0.2) is 78.0 Å². The number of amides is 1. The minimum absolute atomic E-state index is 0.0172. The molecule has 0 bridgehead atoms. The van der Waals surface area contributed by atoms with Gasteiger partial charge in [0.1, 0.15) is 17.3 Å². The Morgan fingerprint density at radius 2 is 1.84 bits per heavy atom. The van der Waals surface area contributed by atoms with E-state index in [0.717, 1.165) is 11.4 Å². The normalized spacial score (nSPS) is 10.7. The quantitative estimate of drug-likeness (QED) is 0.265. The first-order chi connectivity index (χ1) is 15.5. The van der Waals surface area contributed by atoms with Gasteiger partial charge in [0.05, 0.1) is 11.9 Å². The van der Waals surface area contributed by atoms with E-state index in [9.17, 15) is 9.18 Å². The van der Waals surface area contributed by atoms with E-state index >= 15 is 0 Å². The lowest BCUT2D eigenvalue weighted by Crippen LogP contribution is -2.23. The van der Waals surface area contributed by atoms with Gasteiger partial charge in [0.25, 0.3) is 5.91 Å². The second-order valence-electron chi connectivity index (χ2n) is 7.16. The van der Waals surface area contributed by atoms with E-state index in [-0.39, 0.29) is 24.2 Å². The monoisotopic (exact) mass is 431 g/mol. The van der Waals surface area contributed by atoms with Crippen molar-refractivity contribution in [2.45, 2.75) is 13.1 Å². The summed E-state index contributed by atoms with van der Waals surface area (Å²) >= 11 is 0. The van der Waals surface area contributed by atoms with Gasteiger partial charge in [0.2, 0.25) is 0 Å². The van der Waals surface area contributed by atoms with Crippen LogP contribution in [0.3, 0.4) is 0 Å². The molecule has 162 valence electrons. The Morgan fingerprint density at radius 3 is 2.59 bits per heavy atom. The third-order valence-electron chi connectivity index (χ3n) is 4.79. The average molecular weight is 431 g/mol. The van der Waals surface area contributed by atoms with Crippen LogP contribution >= 0.6 is 0 Å². The first kappa shape index (κ1) is 20.9. The number of nitrogens with zero attached hydrogens (tertiary/aromatic N) is 3. The number of carbonyl (C=O) groups excluding carboxylic acids is 1. The molecule has 0 aliphatic carbocycles. The number of fused-ring (bicyclic) bond motifs is 1. The van der Waals surface area contributed by atoms with Crippen LogP contribution in [0.5, 0.6) is 0 Å². The Labute approximate surface area is 183 Å². The fourth-order valence-electron chi connectivity index (χ4n) is 3.21. The highest BCUT2D eigenvalue weighted by Crippen LogP contribution is 2.17. The molecule has 8 nitrogen and oxygen atoms in total. The Kier molecular flexibility index (Phi) is 5.98. The highest BCUT2D eigenvalue weighted by atomic mass is 19.1. The largest absolute Gasteiger partial charge is 0.370 e. The molecule has 0 saturated heterocycles. The summed E-state index contributed by atoms with van der Waals surface area (Å²) in [5.74, 6) is 0.221. The summed E-state index contributed by atoms with van der Waals surface area (Å²) in [6.07, 6.45) is 3.49. The number of nitrogens with two attached hydrogens (primary N) is 2. The number of benzene rings is 2. The molecule has 0 aliphatic heterocycles. The molecule has 6 N–H and O–H groups in total. The molecular formula is C23H22FN7O. The van der Waals surface area contributed by atoms with Crippen LogP contribution in [0.4, 0.5) is 15.9 Å². The van der Waals surface area contributed by atoms with E-state index in [0.29, 0.717) is 29.0 Å². The van der Waals surface area contributed by atoms with Gasteiger partial charge < -0.3 is 22.1 Å². The zero-order valence-corrected chi connectivity index (χ0v) is 17.1. The van der Waals surface area contributed by atoms with Gasteiger partial charge in [-0.05, 0) is 47.5 Å². The molecule has 2 heterocycles. The number of carbonyl (C=O) groups is 1. The summed E-state index contributed by atoms with van der Waals surface area (Å²) in [5.41, 5.74) is 14.3. The Bertz CT molecular complexity index is 1280. The van der Waals surface area contributed by atoms with Gasteiger partial charge in [-0.15, -0.1) is 0 Å². The van der Waals surface area contributed by atoms with Gasteiger partial charge in [-0.3, -0.25) is 9.20 Å². The third kappa shape index (κ3) is 5.01. The molecule has 0 atom stereocenters. The molecule has 4 aromatic rings. The van der Waals surface area contributed by atoms with Crippen molar-refractivity contribution in [3.63, 3.8) is 0 Å². The highest BCUT2D eigenvalue weighted by Gasteiger charge is 2.10. The Balaban J connectivity index is 1.40. The molecule has 0 fully saturated rings. The number of hydrogen-bond acceptors (Lipinski definition) is 4.